The first-order valence-corrected chi connectivity index (χ1v) is 7.67. The highest BCUT2D eigenvalue weighted by Crippen LogP contribution is 2.16. The Labute approximate surface area is 129 Å². The van der Waals surface area contributed by atoms with Crippen molar-refractivity contribution in [2.45, 2.75) is 39.3 Å². The first-order valence-electron chi connectivity index (χ1n) is 7.67. The molecule has 1 aliphatic rings. The molecule has 0 unspecified atom stereocenters. The molecule has 0 aliphatic carbocycles. The molecule has 7 nitrogen and oxygen atoms in total. The van der Waals surface area contributed by atoms with Crippen molar-refractivity contribution in [3.8, 4) is 0 Å². The van der Waals surface area contributed by atoms with Crippen molar-refractivity contribution in [1.82, 2.24) is 25.5 Å². The van der Waals surface area contributed by atoms with Crippen molar-refractivity contribution < 1.29 is 0 Å². The van der Waals surface area contributed by atoms with Gasteiger partial charge >= 0.3 is 0 Å². The number of nitrogens with one attached hydrogen (secondary N) is 3. The second-order valence-corrected chi connectivity index (χ2v) is 5.82. The van der Waals surface area contributed by atoms with Crippen LogP contribution in [0.15, 0.2) is 17.2 Å². The van der Waals surface area contributed by atoms with E-state index in [0.29, 0.717) is 11.9 Å². The summed E-state index contributed by atoms with van der Waals surface area (Å²) in [6.45, 7) is 6.53. The van der Waals surface area contributed by atoms with Gasteiger partial charge in [0, 0.05) is 49.3 Å². The number of rotatable bonds is 4. The second kappa shape index (κ2) is 6.31. The lowest BCUT2D eigenvalue weighted by Crippen LogP contribution is -2.47. The van der Waals surface area contributed by atoms with E-state index in [-0.39, 0.29) is 5.56 Å². The second-order valence-electron chi connectivity index (χ2n) is 5.82. The standard InChI is InChI=1S/C15H22N6O/c1-10-13(11(2)20-19-10)8-18-12-4-3-7-21(9-12)14-15(22)17-6-5-16-14/h5-6,12,18H,3-4,7-9H2,1-2H3,(H,17,22)(H,19,20)/t12-/m1/s1. The Morgan fingerprint density at radius 1 is 1.45 bits per heavy atom. The molecule has 1 atom stereocenters. The SMILES string of the molecule is Cc1n[nH]c(C)c1CN[C@@H]1CCCN(c2ncc[nH]c2=O)C1. The van der Waals surface area contributed by atoms with E-state index >= 15 is 0 Å². The molecule has 3 rings (SSSR count). The minimum Gasteiger partial charge on any atom is -0.350 e. The molecule has 7 heteroatoms. The lowest BCUT2D eigenvalue weighted by atomic mass is 10.0. The number of piperidine rings is 1. The third-order valence-corrected chi connectivity index (χ3v) is 4.26. The Morgan fingerprint density at radius 2 is 2.32 bits per heavy atom. The molecule has 0 radical (unpaired) electrons. The van der Waals surface area contributed by atoms with Crippen molar-refractivity contribution in [3.63, 3.8) is 0 Å². The minimum absolute atomic E-state index is 0.121. The first-order chi connectivity index (χ1) is 10.6. The molecule has 1 saturated heterocycles. The van der Waals surface area contributed by atoms with Gasteiger partial charge in [-0.05, 0) is 26.7 Å². The highest BCUT2D eigenvalue weighted by molar-refractivity contribution is 5.36. The fourth-order valence-electron chi connectivity index (χ4n) is 2.99. The van der Waals surface area contributed by atoms with E-state index in [4.69, 9.17) is 0 Å². The van der Waals surface area contributed by atoms with Crippen molar-refractivity contribution in [2.24, 2.45) is 0 Å². The molecular weight excluding hydrogens is 280 g/mol. The van der Waals surface area contributed by atoms with Crippen LogP contribution in [0.4, 0.5) is 5.82 Å². The number of aryl methyl sites for hydroxylation is 2. The van der Waals surface area contributed by atoms with Gasteiger partial charge in [-0.2, -0.15) is 5.10 Å². The summed E-state index contributed by atoms with van der Waals surface area (Å²) in [5, 5.41) is 10.8. The van der Waals surface area contributed by atoms with Crippen LogP contribution in [-0.2, 0) is 6.54 Å². The van der Waals surface area contributed by atoms with E-state index in [1.807, 2.05) is 13.8 Å². The van der Waals surface area contributed by atoms with E-state index in [0.717, 1.165) is 43.9 Å². The van der Waals surface area contributed by atoms with Gasteiger partial charge in [-0.1, -0.05) is 0 Å². The fraction of sp³-hybridized carbons (Fsp3) is 0.533. The third kappa shape index (κ3) is 3.04. The molecular formula is C15H22N6O. The van der Waals surface area contributed by atoms with Gasteiger partial charge in [0.05, 0.1) is 5.69 Å². The van der Waals surface area contributed by atoms with E-state index in [9.17, 15) is 4.79 Å². The van der Waals surface area contributed by atoms with Crippen molar-refractivity contribution in [1.29, 1.82) is 0 Å². The molecule has 3 heterocycles. The Morgan fingerprint density at radius 3 is 3.05 bits per heavy atom. The number of aromatic amines is 2. The summed E-state index contributed by atoms with van der Waals surface area (Å²) in [5.41, 5.74) is 3.26. The van der Waals surface area contributed by atoms with Gasteiger partial charge in [-0.25, -0.2) is 4.98 Å². The number of aromatic nitrogens is 4. The summed E-state index contributed by atoms with van der Waals surface area (Å²) in [7, 11) is 0. The average molecular weight is 302 g/mol. The molecule has 1 aliphatic heterocycles. The first kappa shape index (κ1) is 14.8. The van der Waals surface area contributed by atoms with Crippen LogP contribution in [0.3, 0.4) is 0 Å². The van der Waals surface area contributed by atoms with E-state index in [2.05, 4.69) is 30.4 Å². The molecule has 22 heavy (non-hydrogen) atoms. The number of hydrogen-bond acceptors (Lipinski definition) is 5. The molecule has 0 saturated carbocycles. The number of H-pyrrole nitrogens is 2. The monoisotopic (exact) mass is 302 g/mol. The largest absolute Gasteiger partial charge is 0.350 e. The minimum atomic E-state index is -0.121. The predicted molar refractivity (Wildman–Crippen MR) is 85.0 cm³/mol. The van der Waals surface area contributed by atoms with Crippen molar-refractivity contribution in [2.75, 3.05) is 18.0 Å². The normalized spacial score (nSPS) is 18.6. The maximum Gasteiger partial charge on any atom is 0.290 e. The highest BCUT2D eigenvalue weighted by Gasteiger charge is 2.22. The zero-order chi connectivity index (χ0) is 15.5. The third-order valence-electron chi connectivity index (χ3n) is 4.26. The zero-order valence-corrected chi connectivity index (χ0v) is 13.0. The fourth-order valence-corrected chi connectivity index (χ4v) is 2.99. The highest BCUT2D eigenvalue weighted by atomic mass is 16.1. The van der Waals surface area contributed by atoms with Crippen LogP contribution in [0.1, 0.15) is 29.8 Å². The smallest absolute Gasteiger partial charge is 0.290 e. The zero-order valence-electron chi connectivity index (χ0n) is 13.0. The molecule has 1 fully saturated rings. The molecule has 3 N–H and O–H groups in total. The molecule has 0 spiro atoms. The van der Waals surface area contributed by atoms with Crippen LogP contribution in [0.5, 0.6) is 0 Å². The Balaban J connectivity index is 1.64. The maximum atomic E-state index is 11.9. The van der Waals surface area contributed by atoms with Gasteiger partial charge in [-0.3, -0.25) is 9.89 Å². The molecule has 2 aromatic heterocycles. The van der Waals surface area contributed by atoms with Gasteiger partial charge < -0.3 is 15.2 Å². The summed E-state index contributed by atoms with van der Waals surface area (Å²) in [4.78, 5) is 20.8. The predicted octanol–water partition coefficient (Wildman–Crippen LogP) is 0.868. The van der Waals surface area contributed by atoms with Gasteiger partial charge in [0.15, 0.2) is 5.82 Å². The molecule has 0 aromatic carbocycles. The van der Waals surface area contributed by atoms with Crippen LogP contribution in [0.25, 0.3) is 0 Å². The summed E-state index contributed by atoms with van der Waals surface area (Å²) in [6.07, 6.45) is 5.36. The maximum absolute atomic E-state index is 11.9. The van der Waals surface area contributed by atoms with Crippen molar-refractivity contribution >= 4 is 5.82 Å². The van der Waals surface area contributed by atoms with Gasteiger partial charge in [0.1, 0.15) is 0 Å². The van der Waals surface area contributed by atoms with Crippen LogP contribution < -0.4 is 15.8 Å². The van der Waals surface area contributed by atoms with Crippen LogP contribution in [0, 0.1) is 13.8 Å². The van der Waals surface area contributed by atoms with Crippen molar-refractivity contribution in [3.05, 3.63) is 39.7 Å². The van der Waals surface area contributed by atoms with Crippen LogP contribution in [-0.4, -0.2) is 39.3 Å². The molecule has 0 bridgehead atoms. The van der Waals surface area contributed by atoms with Gasteiger partial charge in [-0.15, -0.1) is 0 Å². The lowest BCUT2D eigenvalue weighted by molar-refractivity contribution is 0.418. The topological polar surface area (TPSA) is 89.7 Å². The average Bonchev–Trinajstić information content (AvgIpc) is 2.85. The number of hydrogen-bond donors (Lipinski definition) is 3. The summed E-state index contributed by atoms with van der Waals surface area (Å²) in [6, 6.07) is 0.351. The summed E-state index contributed by atoms with van der Waals surface area (Å²) < 4.78 is 0. The number of nitrogens with zero attached hydrogens (tertiary/aromatic N) is 3. The summed E-state index contributed by atoms with van der Waals surface area (Å²) >= 11 is 0. The Bertz CT molecular complexity index is 672. The quantitative estimate of drug-likeness (QED) is 0.780. The van der Waals surface area contributed by atoms with E-state index in [1.165, 1.54) is 5.56 Å². The molecule has 118 valence electrons. The van der Waals surface area contributed by atoms with Gasteiger partial charge in [0.2, 0.25) is 0 Å². The van der Waals surface area contributed by atoms with Gasteiger partial charge in [0.25, 0.3) is 5.56 Å². The Kier molecular flexibility index (Phi) is 4.24. The molecule has 0 amide bonds. The lowest BCUT2D eigenvalue weighted by Gasteiger charge is -2.33. The summed E-state index contributed by atoms with van der Waals surface area (Å²) in [5.74, 6) is 0.518. The van der Waals surface area contributed by atoms with E-state index < -0.39 is 0 Å². The Hall–Kier alpha value is -2.15. The molecule has 2 aromatic rings. The number of anilines is 1. The van der Waals surface area contributed by atoms with E-state index in [1.54, 1.807) is 12.4 Å². The van der Waals surface area contributed by atoms with Crippen LogP contribution in [0.2, 0.25) is 0 Å². The van der Waals surface area contributed by atoms with Crippen LogP contribution >= 0.6 is 0 Å².